The Bertz CT molecular complexity index is 1330. The van der Waals surface area contributed by atoms with E-state index in [1.165, 1.54) is 11.9 Å². The second-order valence-corrected chi connectivity index (χ2v) is 7.39. The van der Waals surface area contributed by atoms with Gasteiger partial charge in [-0.15, -0.1) is 0 Å². The van der Waals surface area contributed by atoms with Crippen LogP contribution in [0.4, 0.5) is 5.82 Å². The lowest BCUT2D eigenvalue weighted by molar-refractivity contribution is 0.483. The molecule has 0 aliphatic heterocycles. The van der Waals surface area contributed by atoms with E-state index in [-0.39, 0.29) is 0 Å². The van der Waals surface area contributed by atoms with E-state index in [1.807, 2.05) is 59.3 Å². The van der Waals surface area contributed by atoms with Gasteiger partial charge in [-0.2, -0.15) is 5.10 Å². The number of nitrogens with two attached hydrogens (primary N) is 1. The van der Waals surface area contributed by atoms with Gasteiger partial charge in [-0.05, 0) is 48.9 Å². The summed E-state index contributed by atoms with van der Waals surface area (Å²) < 4.78 is 7.78. The van der Waals surface area contributed by atoms with Crippen LogP contribution >= 0.6 is 0 Å². The maximum atomic E-state index is 6.22. The van der Waals surface area contributed by atoms with Crippen LogP contribution in [0.1, 0.15) is 11.1 Å². The van der Waals surface area contributed by atoms with E-state index < -0.39 is 0 Å². The molecule has 2 N–H and O–H groups in total. The van der Waals surface area contributed by atoms with E-state index in [4.69, 9.17) is 15.6 Å². The number of para-hydroxylation sites is 1. The topological polar surface area (TPSA) is 78.9 Å². The Morgan fingerprint density at radius 1 is 0.839 bits per heavy atom. The molecule has 0 bridgehead atoms. The second kappa shape index (κ2) is 7.91. The molecule has 0 aliphatic rings. The van der Waals surface area contributed by atoms with Crippen LogP contribution in [0.15, 0.2) is 85.2 Å². The van der Waals surface area contributed by atoms with Gasteiger partial charge in [-0.3, -0.25) is 0 Å². The quantitative estimate of drug-likeness (QED) is 0.432. The van der Waals surface area contributed by atoms with Crippen LogP contribution in [0, 0.1) is 6.92 Å². The van der Waals surface area contributed by atoms with Crippen molar-refractivity contribution in [1.82, 2.24) is 19.7 Å². The highest BCUT2D eigenvalue weighted by Gasteiger charge is 2.17. The Kier molecular flexibility index (Phi) is 4.80. The zero-order valence-electron chi connectivity index (χ0n) is 17.1. The minimum absolute atomic E-state index is 0.416. The molecule has 6 heteroatoms. The third kappa shape index (κ3) is 3.83. The van der Waals surface area contributed by atoms with Crippen molar-refractivity contribution in [1.29, 1.82) is 0 Å². The number of rotatable bonds is 5. The van der Waals surface area contributed by atoms with Crippen LogP contribution in [0.2, 0.25) is 0 Å². The number of nitrogens with zero attached hydrogens (tertiary/aromatic N) is 4. The van der Waals surface area contributed by atoms with E-state index in [9.17, 15) is 0 Å². The number of benzene rings is 3. The third-order valence-electron chi connectivity index (χ3n) is 5.12. The standard InChI is InChI=1S/C25H21N5O/c1-17-7-9-18(10-8-17)15-30-25-22(24(26)27-16-28-25)23(29-30)19-11-13-21(14-12-19)31-20-5-3-2-4-6-20/h2-14,16H,15H2,1H3,(H2,26,27,28). The molecule has 0 spiro atoms. The molecule has 3 aromatic carbocycles. The minimum atomic E-state index is 0.416. The van der Waals surface area contributed by atoms with Crippen LogP contribution in [0.3, 0.4) is 0 Å². The van der Waals surface area contributed by atoms with Crippen LogP contribution in [0.25, 0.3) is 22.3 Å². The Labute approximate surface area is 180 Å². The van der Waals surface area contributed by atoms with Crippen molar-refractivity contribution in [2.24, 2.45) is 0 Å². The fraction of sp³-hybridized carbons (Fsp3) is 0.0800. The Morgan fingerprint density at radius 2 is 1.55 bits per heavy atom. The first-order valence-corrected chi connectivity index (χ1v) is 10.0. The van der Waals surface area contributed by atoms with Crippen molar-refractivity contribution < 1.29 is 4.74 Å². The molecule has 6 nitrogen and oxygen atoms in total. The van der Waals surface area contributed by atoms with Gasteiger partial charge in [0.15, 0.2) is 5.65 Å². The summed E-state index contributed by atoms with van der Waals surface area (Å²) in [6.45, 7) is 2.67. The highest BCUT2D eigenvalue weighted by atomic mass is 16.5. The monoisotopic (exact) mass is 407 g/mol. The van der Waals surface area contributed by atoms with Gasteiger partial charge in [-0.25, -0.2) is 14.6 Å². The second-order valence-electron chi connectivity index (χ2n) is 7.39. The smallest absolute Gasteiger partial charge is 0.164 e. The predicted octanol–water partition coefficient (Wildman–Crippen LogP) is 5.22. The SMILES string of the molecule is Cc1ccc(Cn2nc(-c3ccc(Oc4ccccc4)cc3)c3c(N)ncnc32)cc1. The van der Waals surface area contributed by atoms with Crippen LogP contribution in [-0.2, 0) is 6.54 Å². The normalized spacial score (nSPS) is 11.0. The van der Waals surface area contributed by atoms with Crippen LogP contribution in [0.5, 0.6) is 11.5 Å². The Morgan fingerprint density at radius 3 is 2.29 bits per heavy atom. The first-order valence-electron chi connectivity index (χ1n) is 10.0. The summed E-state index contributed by atoms with van der Waals surface area (Å²) >= 11 is 0. The van der Waals surface area contributed by atoms with E-state index in [0.29, 0.717) is 18.0 Å². The molecule has 0 unspecified atom stereocenters. The molecule has 5 aromatic rings. The molecular weight excluding hydrogens is 386 g/mol. The molecule has 2 heterocycles. The van der Waals surface area contributed by atoms with Gasteiger partial charge >= 0.3 is 0 Å². The number of ether oxygens (including phenoxy) is 1. The molecule has 0 atom stereocenters. The molecule has 0 saturated heterocycles. The third-order valence-corrected chi connectivity index (χ3v) is 5.12. The number of aryl methyl sites for hydroxylation is 1. The lowest BCUT2D eigenvalue weighted by atomic mass is 10.1. The zero-order chi connectivity index (χ0) is 21.2. The summed E-state index contributed by atoms with van der Waals surface area (Å²) in [5, 5.41) is 5.60. The molecule has 0 aliphatic carbocycles. The summed E-state index contributed by atoms with van der Waals surface area (Å²) in [6.07, 6.45) is 1.48. The lowest BCUT2D eigenvalue weighted by Crippen LogP contribution is -2.03. The zero-order valence-corrected chi connectivity index (χ0v) is 17.1. The van der Waals surface area contributed by atoms with Crippen molar-refractivity contribution >= 4 is 16.9 Å². The number of aromatic nitrogens is 4. The molecule has 152 valence electrons. The molecule has 0 amide bonds. The summed E-state index contributed by atoms with van der Waals surface area (Å²) in [5.41, 5.74) is 11.0. The molecule has 0 radical (unpaired) electrons. The van der Waals surface area contributed by atoms with Gasteiger partial charge in [-0.1, -0.05) is 48.0 Å². The van der Waals surface area contributed by atoms with Crippen molar-refractivity contribution in [3.8, 4) is 22.8 Å². The van der Waals surface area contributed by atoms with Gasteiger partial charge in [0.1, 0.15) is 29.3 Å². The molecule has 0 saturated carbocycles. The molecule has 0 fully saturated rings. The highest BCUT2D eigenvalue weighted by molar-refractivity contribution is 5.98. The number of nitrogen functional groups attached to an aromatic ring is 1. The largest absolute Gasteiger partial charge is 0.457 e. The molecular formula is C25H21N5O. The van der Waals surface area contributed by atoms with Crippen molar-refractivity contribution in [3.05, 3.63) is 96.3 Å². The number of hydrogen-bond donors (Lipinski definition) is 1. The van der Waals surface area contributed by atoms with Crippen molar-refractivity contribution in [2.45, 2.75) is 13.5 Å². The van der Waals surface area contributed by atoms with Gasteiger partial charge < -0.3 is 10.5 Å². The van der Waals surface area contributed by atoms with E-state index in [0.717, 1.165) is 33.7 Å². The Hall–Kier alpha value is -4.19. The minimum Gasteiger partial charge on any atom is -0.457 e. The summed E-state index contributed by atoms with van der Waals surface area (Å²) in [4.78, 5) is 8.65. The van der Waals surface area contributed by atoms with E-state index in [2.05, 4.69) is 41.2 Å². The summed E-state index contributed by atoms with van der Waals surface area (Å²) in [5.74, 6) is 1.96. The number of anilines is 1. The van der Waals surface area contributed by atoms with Gasteiger partial charge in [0, 0.05) is 5.56 Å². The average Bonchev–Trinajstić information content (AvgIpc) is 3.16. The maximum Gasteiger partial charge on any atom is 0.164 e. The van der Waals surface area contributed by atoms with Crippen molar-refractivity contribution in [3.63, 3.8) is 0 Å². The first-order chi connectivity index (χ1) is 15.2. The number of hydrogen-bond acceptors (Lipinski definition) is 5. The fourth-order valence-corrected chi connectivity index (χ4v) is 3.51. The fourth-order valence-electron chi connectivity index (χ4n) is 3.51. The molecule has 2 aromatic heterocycles. The number of fused-ring (bicyclic) bond motifs is 1. The summed E-state index contributed by atoms with van der Waals surface area (Å²) in [7, 11) is 0. The van der Waals surface area contributed by atoms with E-state index in [1.54, 1.807) is 0 Å². The maximum absolute atomic E-state index is 6.22. The lowest BCUT2D eigenvalue weighted by Gasteiger charge is -2.06. The molecule has 31 heavy (non-hydrogen) atoms. The Balaban J connectivity index is 1.51. The van der Waals surface area contributed by atoms with Crippen LogP contribution < -0.4 is 10.5 Å². The van der Waals surface area contributed by atoms with E-state index >= 15 is 0 Å². The van der Waals surface area contributed by atoms with Gasteiger partial charge in [0.25, 0.3) is 0 Å². The molecule has 5 rings (SSSR count). The summed E-state index contributed by atoms with van der Waals surface area (Å²) in [6, 6.07) is 25.9. The average molecular weight is 407 g/mol. The van der Waals surface area contributed by atoms with Gasteiger partial charge in [0.05, 0.1) is 11.9 Å². The van der Waals surface area contributed by atoms with Gasteiger partial charge in [0.2, 0.25) is 0 Å². The highest BCUT2D eigenvalue weighted by Crippen LogP contribution is 2.32. The first kappa shape index (κ1) is 18.8. The van der Waals surface area contributed by atoms with Crippen LogP contribution in [-0.4, -0.2) is 19.7 Å². The van der Waals surface area contributed by atoms with Crippen molar-refractivity contribution in [2.75, 3.05) is 5.73 Å². The predicted molar refractivity (Wildman–Crippen MR) is 122 cm³/mol.